The van der Waals surface area contributed by atoms with E-state index in [2.05, 4.69) is 13.8 Å². The number of ether oxygens (including phenoxy) is 2. The molecule has 3 nitrogen and oxygen atoms in total. The Morgan fingerprint density at radius 2 is 1.89 bits per heavy atom. The van der Waals surface area contributed by atoms with Crippen LogP contribution in [0.15, 0.2) is 0 Å². The lowest BCUT2D eigenvalue weighted by molar-refractivity contribution is -0.0871. The van der Waals surface area contributed by atoms with Crippen LogP contribution >= 0.6 is 0 Å². The van der Waals surface area contributed by atoms with Gasteiger partial charge in [-0.2, -0.15) is 0 Å². The molecule has 2 aliphatic heterocycles. The summed E-state index contributed by atoms with van der Waals surface area (Å²) in [5.41, 5.74) is -0.634. The van der Waals surface area contributed by atoms with Gasteiger partial charge in [-0.1, -0.05) is 6.92 Å². The molecule has 2 heterocycles. The predicted octanol–water partition coefficient (Wildman–Crippen LogP) is 2.12. The van der Waals surface area contributed by atoms with Crippen LogP contribution in [0.1, 0.15) is 46.5 Å². The van der Waals surface area contributed by atoms with Crippen LogP contribution in [0, 0.1) is 17.8 Å². The number of aliphatic hydroxyl groups is 1. The molecule has 4 aliphatic rings. The fourth-order valence-electron chi connectivity index (χ4n) is 5.07. The highest BCUT2D eigenvalue weighted by molar-refractivity contribution is 5.16. The summed E-state index contributed by atoms with van der Waals surface area (Å²) in [5, 5.41) is 10.8. The summed E-state index contributed by atoms with van der Waals surface area (Å²) in [6.07, 6.45) is 5.59. The molecule has 0 radical (unpaired) electrons. The molecule has 4 fully saturated rings. The second-order valence-corrected chi connectivity index (χ2v) is 7.49. The molecule has 8 unspecified atom stereocenters. The zero-order valence-corrected chi connectivity index (χ0v) is 11.6. The molecule has 4 rings (SSSR count). The maximum Gasteiger partial charge on any atom is 0.0978 e. The highest BCUT2D eigenvalue weighted by Crippen LogP contribution is 2.61. The minimum Gasteiger partial charge on any atom is -0.390 e. The molecule has 1 N–H and O–H groups in total. The Kier molecular flexibility index (Phi) is 2.15. The van der Waals surface area contributed by atoms with Gasteiger partial charge >= 0.3 is 0 Å². The van der Waals surface area contributed by atoms with Gasteiger partial charge in [0.2, 0.25) is 0 Å². The van der Waals surface area contributed by atoms with Gasteiger partial charge in [0.15, 0.2) is 0 Å². The van der Waals surface area contributed by atoms with E-state index in [1.807, 2.05) is 6.92 Å². The Morgan fingerprint density at radius 3 is 2.67 bits per heavy atom. The first-order valence-electron chi connectivity index (χ1n) is 7.47. The van der Waals surface area contributed by atoms with E-state index in [1.54, 1.807) is 0 Å². The molecule has 102 valence electrons. The van der Waals surface area contributed by atoms with Crippen LogP contribution in [0.25, 0.3) is 0 Å². The number of hydrogen-bond acceptors (Lipinski definition) is 3. The first-order valence-corrected chi connectivity index (χ1v) is 7.47. The maximum absolute atomic E-state index is 10.8. The second kappa shape index (κ2) is 3.31. The van der Waals surface area contributed by atoms with Crippen molar-refractivity contribution in [2.45, 2.75) is 76.0 Å². The summed E-state index contributed by atoms with van der Waals surface area (Å²) in [4.78, 5) is 0. The van der Waals surface area contributed by atoms with E-state index in [-0.39, 0.29) is 11.5 Å². The Balaban J connectivity index is 1.64. The summed E-state index contributed by atoms with van der Waals surface area (Å²) in [6, 6.07) is 0. The summed E-state index contributed by atoms with van der Waals surface area (Å²) < 4.78 is 11.7. The lowest BCUT2D eigenvalue weighted by Crippen LogP contribution is -2.53. The monoisotopic (exact) mass is 252 g/mol. The molecule has 2 aliphatic carbocycles. The lowest BCUT2D eigenvalue weighted by Gasteiger charge is -2.46. The van der Waals surface area contributed by atoms with E-state index in [9.17, 15) is 5.11 Å². The summed E-state index contributed by atoms with van der Waals surface area (Å²) >= 11 is 0. The van der Waals surface area contributed by atoms with Crippen LogP contribution in [-0.4, -0.2) is 34.6 Å². The first-order chi connectivity index (χ1) is 8.42. The summed E-state index contributed by atoms with van der Waals surface area (Å²) in [6.45, 7) is 6.56. The SMILES string of the molecule is CC1CC2OC2CC1C1C(C)(O)CCC2OC21C. The molecule has 0 spiro atoms. The first kappa shape index (κ1) is 11.7. The van der Waals surface area contributed by atoms with E-state index < -0.39 is 5.60 Å². The van der Waals surface area contributed by atoms with Crippen LogP contribution < -0.4 is 0 Å². The van der Waals surface area contributed by atoms with Crippen LogP contribution in [0.5, 0.6) is 0 Å². The normalized spacial score (nSPS) is 66.0. The third-order valence-electron chi connectivity index (χ3n) is 6.13. The van der Waals surface area contributed by atoms with Gasteiger partial charge in [0.05, 0.1) is 29.5 Å². The van der Waals surface area contributed by atoms with Crippen molar-refractivity contribution in [2.75, 3.05) is 0 Å². The van der Waals surface area contributed by atoms with E-state index in [4.69, 9.17) is 9.47 Å². The number of epoxide rings is 2. The van der Waals surface area contributed by atoms with Gasteiger partial charge in [-0.15, -0.1) is 0 Å². The quantitative estimate of drug-likeness (QED) is 0.727. The van der Waals surface area contributed by atoms with Crippen molar-refractivity contribution in [3.05, 3.63) is 0 Å². The molecule has 8 atom stereocenters. The van der Waals surface area contributed by atoms with Crippen molar-refractivity contribution < 1.29 is 14.6 Å². The van der Waals surface area contributed by atoms with Gasteiger partial charge in [0.25, 0.3) is 0 Å². The number of hydrogen-bond donors (Lipinski definition) is 1. The third kappa shape index (κ3) is 1.47. The van der Waals surface area contributed by atoms with E-state index in [0.717, 1.165) is 19.3 Å². The Morgan fingerprint density at radius 1 is 1.17 bits per heavy atom. The molecular weight excluding hydrogens is 228 g/mol. The van der Waals surface area contributed by atoms with Crippen molar-refractivity contribution in [3.8, 4) is 0 Å². The Labute approximate surface area is 109 Å². The minimum atomic E-state index is -0.567. The van der Waals surface area contributed by atoms with Gasteiger partial charge < -0.3 is 14.6 Å². The Hall–Kier alpha value is -0.120. The number of rotatable bonds is 1. The highest BCUT2D eigenvalue weighted by Gasteiger charge is 2.68. The number of fused-ring (bicyclic) bond motifs is 2. The van der Waals surface area contributed by atoms with Crippen molar-refractivity contribution >= 4 is 0 Å². The van der Waals surface area contributed by atoms with Crippen molar-refractivity contribution in [1.29, 1.82) is 0 Å². The van der Waals surface area contributed by atoms with Crippen molar-refractivity contribution in [3.63, 3.8) is 0 Å². The summed E-state index contributed by atoms with van der Waals surface area (Å²) in [5.74, 6) is 1.48. The molecular formula is C15H24O3. The fourth-order valence-corrected chi connectivity index (χ4v) is 5.07. The smallest absolute Gasteiger partial charge is 0.0978 e. The zero-order valence-electron chi connectivity index (χ0n) is 11.6. The van der Waals surface area contributed by atoms with Gasteiger partial charge in [-0.25, -0.2) is 0 Å². The highest BCUT2D eigenvalue weighted by atomic mass is 16.6. The lowest BCUT2D eigenvalue weighted by atomic mass is 9.59. The molecule has 3 heteroatoms. The molecule has 0 bridgehead atoms. The summed E-state index contributed by atoms with van der Waals surface area (Å²) in [7, 11) is 0. The topological polar surface area (TPSA) is 45.3 Å². The second-order valence-electron chi connectivity index (χ2n) is 7.49. The van der Waals surface area contributed by atoms with Gasteiger partial charge in [-0.3, -0.25) is 0 Å². The molecule has 2 saturated carbocycles. The molecule has 0 aromatic heterocycles. The van der Waals surface area contributed by atoms with Crippen LogP contribution in [-0.2, 0) is 9.47 Å². The minimum absolute atomic E-state index is 0.0671. The standard InChI is InChI=1S/C15H24O3/c1-8-6-10-11(17-10)7-9(8)13-14(2,16)5-4-12-15(13,3)18-12/h8-13,16H,4-7H2,1-3H3. The van der Waals surface area contributed by atoms with Gasteiger partial charge in [-0.05, 0) is 51.4 Å². The molecule has 18 heavy (non-hydrogen) atoms. The predicted molar refractivity (Wildman–Crippen MR) is 67.2 cm³/mol. The molecule has 0 aromatic rings. The van der Waals surface area contributed by atoms with E-state index in [1.165, 1.54) is 6.42 Å². The largest absolute Gasteiger partial charge is 0.390 e. The third-order valence-corrected chi connectivity index (χ3v) is 6.13. The Bertz CT molecular complexity index is 375. The van der Waals surface area contributed by atoms with Gasteiger partial charge in [0.1, 0.15) is 0 Å². The fraction of sp³-hybridized carbons (Fsp3) is 1.00. The van der Waals surface area contributed by atoms with Crippen molar-refractivity contribution in [1.82, 2.24) is 0 Å². The van der Waals surface area contributed by atoms with Crippen molar-refractivity contribution in [2.24, 2.45) is 17.8 Å². The van der Waals surface area contributed by atoms with Crippen LogP contribution in [0.2, 0.25) is 0 Å². The molecule has 0 aromatic carbocycles. The van der Waals surface area contributed by atoms with Gasteiger partial charge in [0, 0.05) is 5.92 Å². The zero-order chi connectivity index (χ0) is 12.7. The maximum atomic E-state index is 10.8. The molecule has 2 saturated heterocycles. The van der Waals surface area contributed by atoms with E-state index in [0.29, 0.717) is 30.1 Å². The molecule has 0 amide bonds. The average molecular weight is 252 g/mol. The van der Waals surface area contributed by atoms with Crippen LogP contribution in [0.3, 0.4) is 0 Å². The average Bonchev–Trinajstić information content (AvgIpc) is 3.12. The van der Waals surface area contributed by atoms with E-state index >= 15 is 0 Å². The van der Waals surface area contributed by atoms with Crippen LogP contribution in [0.4, 0.5) is 0 Å².